The third-order valence-electron chi connectivity index (χ3n) is 2.61. The molecule has 1 rings (SSSR count). The van der Waals surface area contributed by atoms with Gasteiger partial charge in [0.05, 0.1) is 12.3 Å². The third-order valence-corrected chi connectivity index (χ3v) is 2.61. The summed E-state index contributed by atoms with van der Waals surface area (Å²) >= 11 is 0. The molecule has 0 saturated heterocycles. The van der Waals surface area contributed by atoms with Gasteiger partial charge in [-0.3, -0.25) is 9.78 Å². The van der Waals surface area contributed by atoms with Crippen LogP contribution in [0.5, 0.6) is 0 Å². The predicted molar refractivity (Wildman–Crippen MR) is 66.6 cm³/mol. The normalized spacial score (nSPS) is 10.6. The zero-order valence-electron chi connectivity index (χ0n) is 10.7. The van der Waals surface area contributed by atoms with Gasteiger partial charge in [-0.25, -0.2) is 0 Å². The molecule has 0 fully saturated rings. The van der Waals surface area contributed by atoms with Crippen LogP contribution in [0.2, 0.25) is 0 Å². The van der Waals surface area contributed by atoms with Crippen LogP contribution in [0.25, 0.3) is 0 Å². The summed E-state index contributed by atoms with van der Waals surface area (Å²) in [4.78, 5) is 17.7. The van der Waals surface area contributed by atoms with Crippen molar-refractivity contribution >= 4 is 5.91 Å². The van der Waals surface area contributed by atoms with Gasteiger partial charge in [0.1, 0.15) is 0 Å². The Balaban J connectivity index is 2.67. The molecule has 0 unspecified atom stereocenters. The van der Waals surface area contributed by atoms with Crippen molar-refractivity contribution in [2.45, 2.75) is 26.9 Å². The van der Waals surface area contributed by atoms with Crippen LogP contribution >= 0.6 is 0 Å². The molecular weight excluding hydrogens is 216 g/mol. The lowest BCUT2D eigenvalue weighted by Crippen LogP contribution is -2.28. The van der Waals surface area contributed by atoms with Crippen LogP contribution in [0.15, 0.2) is 18.3 Å². The number of carbonyl (C=O) groups is 1. The molecule has 17 heavy (non-hydrogen) atoms. The van der Waals surface area contributed by atoms with Gasteiger partial charge in [0.2, 0.25) is 0 Å². The van der Waals surface area contributed by atoms with Crippen LogP contribution in [0, 0.1) is 5.92 Å². The van der Waals surface area contributed by atoms with Crippen LogP contribution in [0.1, 0.15) is 36.3 Å². The molecule has 0 aromatic carbocycles. The van der Waals surface area contributed by atoms with Crippen LogP contribution in [-0.4, -0.2) is 34.5 Å². The molecule has 0 aliphatic heterocycles. The summed E-state index contributed by atoms with van der Waals surface area (Å²) in [5, 5.41) is 8.97. The lowest BCUT2D eigenvalue weighted by molar-refractivity contribution is 0.0789. The van der Waals surface area contributed by atoms with Gasteiger partial charge in [0.15, 0.2) is 0 Å². The van der Waals surface area contributed by atoms with Crippen molar-refractivity contribution in [2.24, 2.45) is 5.92 Å². The van der Waals surface area contributed by atoms with Crippen LogP contribution in [0.3, 0.4) is 0 Å². The highest BCUT2D eigenvalue weighted by Crippen LogP contribution is 2.07. The van der Waals surface area contributed by atoms with Crippen molar-refractivity contribution in [2.75, 3.05) is 13.6 Å². The lowest BCUT2D eigenvalue weighted by Gasteiger charge is -2.18. The van der Waals surface area contributed by atoms with E-state index in [1.165, 1.54) is 0 Å². The Kier molecular flexibility index (Phi) is 5.10. The van der Waals surface area contributed by atoms with Crippen LogP contribution < -0.4 is 0 Å². The molecule has 1 heterocycles. The summed E-state index contributed by atoms with van der Waals surface area (Å²) in [6.45, 7) is 4.87. The van der Waals surface area contributed by atoms with Gasteiger partial charge in [-0.2, -0.15) is 0 Å². The highest BCUT2D eigenvalue weighted by Gasteiger charge is 2.12. The average Bonchev–Trinajstić information content (AvgIpc) is 2.35. The Hall–Kier alpha value is -1.42. The van der Waals surface area contributed by atoms with Gasteiger partial charge in [-0.1, -0.05) is 13.8 Å². The SMILES string of the molecule is CC(C)CCN(C)C(=O)c1ccnc(CO)c1. The van der Waals surface area contributed by atoms with Gasteiger partial charge in [0.25, 0.3) is 5.91 Å². The molecular formula is C13H20N2O2. The Labute approximate surface area is 102 Å². The highest BCUT2D eigenvalue weighted by molar-refractivity contribution is 5.94. The number of carbonyl (C=O) groups excluding carboxylic acids is 1. The van der Waals surface area contributed by atoms with E-state index in [0.717, 1.165) is 13.0 Å². The number of hydrogen-bond donors (Lipinski definition) is 1. The van der Waals surface area contributed by atoms with E-state index in [0.29, 0.717) is 17.2 Å². The number of aliphatic hydroxyl groups excluding tert-OH is 1. The van der Waals surface area contributed by atoms with Gasteiger partial charge in [-0.05, 0) is 24.5 Å². The van der Waals surface area contributed by atoms with Gasteiger partial charge < -0.3 is 10.0 Å². The van der Waals surface area contributed by atoms with Crippen molar-refractivity contribution in [1.82, 2.24) is 9.88 Å². The molecule has 0 atom stereocenters. The zero-order valence-corrected chi connectivity index (χ0v) is 10.7. The Bertz CT molecular complexity index is 377. The Morgan fingerprint density at radius 3 is 2.82 bits per heavy atom. The predicted octanol–water partition coefficient (Wildman–Crippen LogP) is 1.69. The van der Waals surface area contributed by atoms with Gasteiger partial charge in [0, 0.05) is 25.4 Å². The summed E-state index contributed by atoms with van der Waals surface area (Å²) in [5.74, 6) is 0.554. The average molecular weight is 236 g/mol. The summed E-state index contributed by atoms with van der Waals surface area (Å²) < 4.78 is 0. The third kappa shape index (κ3) is 4.15. The molecule has 4 heteroatoms. The molecule has 1 aromatic rings. The second-order valence-electron chi connectivity index (χ2n) is 4.60. The minimum atomic E-state index is -0.142. The molecule has 94 valence electrons. The van der Waals surface area contributed by atoms with Crippen molar-refractivity contribution in [3.63, 3.8) is 0 Å². The molecule has 0 saturated carbocycles. The van der Waals surface area contributed by atoms with Crippen molar-refractivity contribution in [1.29, 1.82) is 0 Å². The van der Waals surface area contributed by atoms with E-state index in [-0.39, 0.29) is 12.5 Å². The maximum absolute atomic E-state index is 12.0. The molecule has 0 aliphatic carbocycles. The molecule has 0 aliphatic rings. The zero-order chi connectivity index (χ0) is 12.8. The monoisotopic (exact) mass is 236 g/mol. The number of aromatic nitrogens is 1. The number of aliphatic hydroxyl groups is 1. The van der Waals surface area contributed by atoms with Gasteiger partial charge >= 0.3 is 0 Å². The first-order valence-corrected chi connectivity index (χ1v) is 5.86. The Morgan fingerprint density at radius 2 is 2.24 bits per heavy atom. The van der Waals surface area contributed by atoms with E-state index in [9.17, 15) is 4.79 Å². The van der Waals surface area contributed by atoms with E-state index >= 15 is 0 Å². The Morgan fingerprint density at radius 1 is 1.53 bits per heavy atom. The second kappa shape index (κ2) is 6.35. The van der Waals surface area contributed by atoms with E-state index in [1.54, 1.807) is 30.3 Å². The lowest BCUT2D eigenvalue weighted by atomic mass is 10.1. The van der Waals surface area contributed by atoms with Crippen molar-refractivity contribution < 1.29 is 9.90 Å². The summed E-state index contributed by atoms with van der Waals surface area (Å²) in [5.41, 5.74) is 1.10. The maximum atomic E-state index is 12.0. The molecule has 0 radical (unpaired) electrons. The largest absolute Gasteiger partial charge is 0.390 e. The maximum Gasteiger partial charge on any atom is 0.253 e. The molecule has 0 bridgehead atoms. The number of nitrogens with zero attached hydrogens (tertiary/aromatic N) is 2. The highest BCUT2D eigenvalue weighted by atomic mass is 16.3. The van der Waals surface area contributed by atoms with Crippen molar-refractivity contribution in [3.8, 4) is 0 Å². The number of pyridine rings is 1. The smallest absolute Gasteiger partial charge is 0.253 e. The topological polar surface area (TPSA) is 53.4 Å². The second-order valence-corrected chi connectivity index (χ2v) is 4.60. The van der Waals surface area contributed by atoms with E-state index in [1.807, 2.05) is 0 Å². The van der Waals surface area contributed by atoms with E-state index in [4.69, 9.17) is 5.11 Å². The first kappa shape index (κ1) is 13.6. The minimum absolute atomic E-state index is 0.0252. The van der Waals surface area contributed by atoms with Crippen LogP contribution in [-0.2, 0) is 6.61 Å². The number of amides is 1. The molecule has 1 amide bonds. The molecule has 1 aromatic heterocycles. The quantitative estimate of drug-likeness (QED) is 0.846. The summed E-state index contributed by atoms with van der Waals surface area (Å²) in [6.07, 6.45) is 2.54. The molecule has 4 nitrogen and oxygen atoms in total. The molecule has 0 spiro atoms. The van der Waals surface area contributed by atoms with Gasteiger partial charge in [-0.15, -0.1) is 0 Å². The number of hydrogen-bond acceptors (Lipinski definition) is 3. The number of rotatable bonds is 5. The standard InChI is InChI=1S/C13H20N2O2/c1-10(2)5-7-15(3)13(17)11-4-6-14-12(8-11)9-16/h4,6,8,10,16H,5,7,9H2,1-3H3. The molecule has 1 N–H and O–H groups in total. The summed E-state index contributed by atoms with van der Waals surface area (Å²) in [7, 11) is 1.80. The summed E-state index contributed by atoms with van der Waals surface area (Å²) in [6, 6.07) is 3.31. The fourth-order valence-electron chi connectivity index (χ4n) is 1.47. The first-order chi connectivity index (χ1) is 8.04. The minimum Gasteiger partial charge on any atom is -0.390 e. The van der Waals surface area contributed by atoms with Crippen LogP contribution in [0.4, 0.5) is 0 Å². The van der Waals surface area contributed by atoms with E-state index < -0.39 is 0 Å². The fraction of sp³-hybridized carbons (Fsp3) is 0.538. The van der Waals surface area contributed by atoms with Crippen molar-refractivity contribution in [3.05, 3.63) is 29.6 Å². The van der Waals surface area contributed by atoms with E-state index in [2.05, 4.69) is 18.8 Å². The first-order valence-electron chi connectivity index (χ1n) is 5.86. The fourth-order valence-corrected chi connectivity index (χ4v) is 1.47.